The average molecular weight is 432 g/mol. The molecule has 0 fully saturated rings. The van der Waals surface area contributed by atoms with Crippen molar-refractivity contribution in [3.63, 3.8) is 0 Å². The second-order valence-corrected chi connectivity index (χ2v) is 7.30. The summed E-state index contributed by atoms with van der Waals surface area (Å²) in [6.07, 6.45) is 11.4. The van der Waals surface area contributed by atoms with Gasteiger partial charge in [0.1, 0.15) is 5.83 Å². The van der Waals surface area contributed by atoms with Crippen LogP contribution in [0.25, 0.3) is 16.8 Å². The van der Waals surface area contributed by atoms with E-state index in [4.69, 9.17) is 0 Å². The van der Waals surface area contributed by atoms with Gasteiger partial charge in [-0.05, 0) is 55.2 Å². The molecule has 32 heavy (non-hydrogen) atoms. The van der Waals surface area contributed by atoms with E-state index in [-0.39, 0.29) is 5.83 Å². The maximum absolute atomic E-state index is 14.3. The SMILES string of the molecule is C=C/C=C\C(F)=C(/CC)c1cnn(C(=O)NCc2cnc(-c3ccnc(C)c3)c(C)c2)c1. The molecule has 0 aromatic carbocycles. The maximum Gasteiger partial charge on any atom is 0.342 e. The van der Waals surface area contributed by atoms with E-state index in [1.54, 1.807) is 12.4 Å². The number of halogens is 1. The Balaban J connectivity index is 1.69. The van der Waals surface area contributed by atoms with Gasteiger partial charge in [0.25, 0.3) is 0 Å². The van der Waals surface area contributed by atoms with E-state index in [2.05, 4.69) is 27.0 Å². The Morgan fingerprint density at radius 1 is 1.25 bits per heavy atom. The highest BCUT2D eigenvalue weighted by Crippen LogP contribution is 2.24. The molecular weight excluding hydrogens is 405 g/mol. The maximum atomic E-state index is 14.3. The van der Waals surface area contributed by atoms with Gasteiger partial charge >= 0.3 is 6.03 Å². The molecule has 3 rings (SSSR count). The van der Waals surface area contributed by atoms with Crippen molar-refractivity contribution in [1.29, 1.82) is 0 Å². The molecule has 0 unspecified atom stereocenters. The molecule has 3 aromatic heterocycles. The number of nitrogens with one attached hydrogen (secondary N) is 1. The fourth-order valence-corrected chi connectivity index (χ4v) is 3.34. The van der Waals surface area contributed by atoms with Crippen LogP contribution in [0.2, 0.25) is 0 Å². The van der Waals surface area contributed by atoms with Gasteiger partial charge in [-0.1, -0.05) is 31.7 Å². The van der Waals surface area contributed by atoms with E-state index in [1.165, 1.54) is 35.3 Å². The van der Waals surface area contributed by atoms with Crippen LogP contribution in [0.5, 0.6) is 0 Å². The van der Waals surface area contributed by atoms with Crippen molar-refractivity contribution < 1.29 is 9.18 Å². The van der Waals surface area contributed by atoms with E-state index in [9.17, 15) is 9.18 Å². The molecule has 0 aliphatic heterocycles. The van der Waals surface area contributed by atoms with Gasteiger partial charge < -0.3 is 5.32 Å². The normalized spacial score (nSPS) is 12.0. The van der Waals surface area contributed by atoms with E-state index in [1.807, 2.05) is 39.0 Å². The van der Waals surface area contributed by atoms with Gasteiger partial charge in [0.15, 0.2) is 0 Å². The van der Waals surface area contributed by atoms with Crippen LogP contribution in [0.4, 0.5) is 9.18 Å². The van der Waals surface area contributed by atoms with Gasteiger partial charge in [0, 0.05) is 42.0 Å². The van der Waals surface area contributed by atoms with Crippen molar-refractivity contribution in [2.75, 3.05) is 0 Å². The lowest BCUT2D eigenvalue weighted by Crippen LogP contribution is -2.28. The molecule has 0 spiro atoms. The minimum Gasteiger partial charge on any atom is -0.332 e. The van der Waals surface area contributed by atoms with Crippen LogP contribution < -0.4 is 5.32 Å². The average Bonchev–Trinajstić information content (AvgIpc) is 3.26. The number of pyridine rings is 2. The summed E-state index contributed by atoms with van der Waals surface area (Å²) < 4.78 is 15.5. The number of amides is 1. The van der Waals surface area contributed by atoms with Gasteiger partial charge in [0.2, 0.25) is 0 Å². The van der Waals surface area contributed by atoms with E-state index in [0.29, 0.717) is 24.1 Å². The summed E-state index contributed by atoms with van der Waals surface area (Å²) in [6.45, 7) is 9.61. The van der Waals surface area contributed by atoms with Gasteiger partial charge in [0.05, 0.1) is 11.9 Å². The molecule has 0 aliphatic carbocycles. The lowest BCUT2D eigenvalue weighted by molar-refractivity contribution is 0.239. The summed E-state index contributed by atoms with van der Waals surface area (Å²) in [7, 11) is 0. The quantitative estimate of drug-likeness (QED) is 0.498. The first-order valence-corrected chi connectivity index (χ1v) is 10.3. The zero-order chi connectivity index (χ0) is 23.1. The first-order chi connectivity index (χ1) is 15.4. The summed E-state index contributed by atoms with van der Waals surface area (Å²) in [5, 5.41) is 6.90. The molecule has 6 nitrogen and oxygen atoms in total. The second-order valence-electron chi connectivity index (χ2n) is 7.30. The number of hydrogen-bond donors (Lipinski definition) is 1. The standard InChI is InChI=1S/C25H26FN5O/c1-5-7-8-23(26)22(6-2)21-15-30-31(16-21)25(32)29-14-19-11-17(3)24(28-13-19)20-9-10-27-18(4)12-20/h5,7-13,15-16H,1,6,14H2,2-4H3,(H,29,32)/b8-7-,23-22-. The molecular formula is C25H26FN5O. The molecule has 0 atom stereocenters. The number of aryl methyl sites for hydroxylation is 2. The smallest absolute Gasteiger partial charge is 0.332 e. The molecule has 3 heterocycles. The third kappa shape index (κ3) is 5.43. The highest BCUT2D eigenvalue weighted by atomic mass is 19.1. The highest BCUT2D eigenvalue weighted by Gasteiger charge is 2.12. The number of nitrogens with zero attached hydrogens (tertiary/aromatic N) is 4. The summed E-state index contributed by atoms with van der Waals surface area (Å²) in [4.78, 5) is 21.3. The molecule has 7 heteroatoms. The largest absolute Gasteiger partial charge is 0.342 e. The molecule has 0 saturated carbocycles. The molecule has 0 saturated heterocycles. The van der Waals surface area contributed by atoms with Crippen molar-refractivity contribution >= 4 is 11.6 Å². The molecule has 1 amide bonds. The predicted molar refractivity (Wildman–Crippen MR) is 124 cm³/mol. The molecule has 3 aromatic rings. The van der Waals surface area contributed by atoms with Crippen LogP contribution in [0.3, 0.4) is 0 Å². The van der Waals surface area contributed by atoms with Crippen LogP contribution >= 0.6 is 0 Å². The van der Waals surface area contributed by atoms with E-state index in [0.717, 1.165) is 28.1 Å². The fraction of sp³-hybridized carbons (Fsp3) is 0.200. The monoisotopic (exact) mass is 431 g/mol. The molecule has 0 bridgehead atoms. The van der Waals surface area contributed by atoms with Crippen LogP contribution in [0.1, 0.15) is 35.7 Å². The van der Waals surface area contributed by atoms with Crippen molar-refractivity contribution in [3.8, 4) is 11.3 Å². The summed E-state index contributed by atoms with van der Waals surface area (Å²) in [5.74, 6) is -0.376. The third-order valence-electron chi connectivity index (χ3n) is 4.91. The Morgan fingerprint density at radius 2 is 2.06 bits per heavy atom. The predicted octanol–water partition coefficient (Wildman–Crippen LogP) is 5.55. The first-order valence-electron chi connectivity index (χ1n) is 10.3. The van der Waals surface area contributed by atoms with Gasteiger partial charge in [-0.3, -0.25) is 9.97 Å². The number of hydrogen-bond acceptors (Lipinski definition) is 4. The minimum absolute atomic E-state index is 0.296. The Kier molecular flexibility index (Phi) is 7.44. The van der Waals surface area contributed by atoms with Crippen molar-refractivity contribution in [1.82, 2.24) is 25.1 Å². The topological polar surface area (TPSA) is 72.7 Å². The third-order valence-corrected chi connectivity index (χ3v) is 4.91. The minimum atomic E-state index is -0.403. The summed E-state index contributed by atoms with van der Waals surface area (Å²) in [5.41, 5.74) is 5.72. The van der Waals surface area contributed by atoms with Crippen molar-refractivity contribution in [2.45, 2.75) is 33.7 Å². The summed E-state index contributed by atoms with van der Waals surface area (Å²) in [6, 6.07) is 5.50. The Labute approximate surface area is 187 Å². The van der Waals surface area contributed by atoms with Crippen LogP contribution in [0.15, 0.2) is 73.6 Å². The van der Waals surface area contributed by atoms with Crippen LogP contribution in [-0.4, -0.2) is 25.8 Å². The van der Waals surface area contributed by atoms with E-state index < -0.39 is 6.03 Å². The zero-order valence-corrected chi connectivity index (χ0v) is 18.5. The van der Waals surface area contributed by atoms with Gasteiger partial charge in [-0.2, -0.15) is 9.78 Å². The molecule has 1 N–H and O–H groups in total. The number of carbonyl (C=O) groups excluding carboxylic acids is 1. The van der Waals surface area contributed by atoms with Crippen molar-refractivity contribution in [2.24, 2.45) is 0 Å². The van der Waals surface area contributed by atoms with Gasteiger partial charge in [-0.25, -0.2) is 9.18 Å². The lowest BCUT2D eigenvalue weighted by Gasteiger charge is -2.09. The van der Waals surface area contributed by atoms with Crippen LogP contribution in [-0.2, 0) is 6.54 Å². The first kappa shape index (κ1) is 22.8. The second kappa shape index (κ2) is 10.4. The fourth-order valence-electron chi connectivity index (χ4n) is 3.34. The highest BCUT2D eigenvalue weighted by molar-refractivity contribution is 5.77. The van der Waals surface area contributed by atoms with Crippen LogP contribution in [0, 0.1) is 13.8 Å². The Morgan fingerprint density at radius 3 is 2.75 bits per heavy atom. The molecule has 0 radical (unpaired) electrons. The van der Waals surface area contributed by atoms with Crippen molar-refractivity contribution in [3.05, 3.63) is 96.0 Å². The Bertz CT molecular complexity index is 1190. The number of carbonyl (C=O) groups is 1. The summed E-state index contributed by atoms with van der Waals surface area (Å²) >= 11 is 0. The zero-order valence-electron chi connectivity index (χ0n) is 18.5. The molecule has 164 valence electrons. The molecule has 0 aliphatic rings. The number of rotatable bonds is 7. The number of aromatic nitrogens is 4. The number of allylic oxidation sites excluding steroid dienone is 5. The van der Waals surface area contributed by atoms with Gasteiger partial charge in [-0.15, -0.1) is 0 Å². The lowest BCUT2D eigenvalue weighted by atomic mass is 10.1. The Hall–Kier alpha value is -3.87. The van der Waals surface area contributed by atoms with E-state index >= 15 is 0 Å².